The molecule has 1 aromatic rings. The number of hydrogen-bond acceptors (Lipinski definition) is 4. The van der Waals surface area contributed by atoms with Crippen molar-refractivity contribution < 1.29 is 5.11 Å². The maximum atomic E-state index is 8.86. The molecule has 1 fully saturated rings. The quantitative estimate of drug-likeness (QED) is 0.541. The molecule has 5 N–H and O–H groups in total. The first-order valence-electron chi connectivity index (χ1n) is 6.26. The number of hydrogen-bond donors (Lipinski definition) is 3. The maximum Gasteiger partial charge on any atom is 0.125 e. The van der Waals surface area contributed by atoms with E-state index in [1.54, 1.807) is 0 Å². The minimum atomic E-state index is -0.230. The third-order valence-electron chi connectivity index (χ3n) is 3.16. The van der Waals surface area contributed by atoms with Crippen LogP contribution in [0.4, 0.5) is 11.4 Å². The van der Waals surface area contributed by atoms with Gasteiger partial charge in [-0.2, -0.15) is 0 Å². The molecule has 98 valence electrons. The van der Waals surface area contributed by atoms with E-state index >= 15 is 0 Å². The highest BCUT2D eigenvalue weighted by Gasteiger charge is 2.15. The van der Waals surface area contributed by atoms with Gasteiger partial charge in [0.25, 0.3) is 0 Å². The summed E-state index contributed by atoms with van der Waals surface area (Å²) in [6.07, 6.45) is 2.47. The number of benzene rings is 1. The zero-order valence-electron chi connectivity index (χ0n) is 10.5. The molecule has 0 saturated carbocycles. The Hall–Kier alpha value is -1.59. The second-order valence-electron chi connectivity index (χ2n) is 4.47. The second kappa shape index (κ2) is 5.84. The van der Waals surface area contributed by atoms with Crippen LogP contribution in [-0.4, -0.2) is 30.6 Å². The van der Waals surface area contributed by atoms with E-state index in [4.69, 9.17) is 16.6 Å². The fourth-order valence-corrected chi connectivity index (χ4v) is 2.27. The first-order chi connectivity index (χ1) is 8.74. The van der Waals surface area contributed by atoms with E-state index in [2.05, 4.69) is 9.89 Å². The van der Waals surface area contributed by atoms with Gasteiger partial charge < -0.3 is 21.5 Å². The first kappa shape index (κ1) is 12.9. The minimum Gasteiger partial charge on any atom is -0.388 e. The summed E-state index contributed by atoms with van der Waals surface area (Å²) in [5.74, 6) is 0.215. The summed E-state index contributed by atoms with van der Waals surface area (Å²) < 4.78 is 0. The molecular weight excluding hydrogens is 228 g/mol. The van der Waals surface area contributed by atoms with Crippen LogP contribution in [0.5, 0.6) is 0 Å². The number of amidine groups is 1. The summed E-state index contributed by atoms with van der Waals surface area (Å²) in [7, 11) is 0. The van der Waals surface area contributed by atoms with Gasteiger partial charge in [0.1, 0.15) is 12.4 Å². The molecule has 5 heteroatoms. The number of nitrogens with two attached hydrogens (primary N) is 2. The summed E-state index contributed by atoms with van der Waals surface area (Å²) in [4.78, 5) is 6.48. The Balaban J connectivity index is 2.28. The van der Waals surface area contributed by atoms with Crippen molar-refractivity contribution in [1.82, 2.24) is 0 Å². The van der Waals surface area contributed by atoms with Crippen LogP contribution < -0.4 is 16.4 Å². The Labute approximate surface area is 107 Å². The molecule has 1 aliphatic rings. The van der Waals surface area contributed by atoms with E-state index < -0.39 is 0 Å². The monoisotopic (exact) mass is 248 g/mol. The topological polar surface area (TPSA) is 87.9 Å². The fourth-order valence-electron chi connectivity index (χ4n) is 2.27. The van der Waals surface area contributed by atoms with E-state index in [0.29, 0.717) is 6.54 Å². The Morgan fingerprint density at radius 2 is 2.06 bits per heavy atom. The molecule has 5 nitrogen and oxygen atoms in total. The molecule has 18 heavy (non-hydrogen) atoms. The van der Waals surface area contributed by atoms with Gasteiger partial charge in [-0.1, -0.05) is 0 Å². The van der Waals surface area contributed by atoms with E-state index in [9.17, 15) is 0 Å². The predicted octanol–water partition coefficient (Wildman–Crippen LogP) is 0.726. The van der Waals surface area contributed by atoms with Crippen molar-refractivity contribution in [3.8, 4) is 0 Å². The summed E-state index contributed by atoms with van der Waals surface area (Å²) in [5.41, 5.74) is 14.3. The third-order valence-corrected chi connectivity index (χ3v) is 3.16. The summed E-state index contributed by atoms with van der Waals surface area (Å²) in [5, 5.41) is 8.86. The third kappa shape index (κ3) is 2.80. The van der Waals surface area contributed by atoms with Crippen molar-refractivity contribution in [3.05, 3.63) is 23.8 Å². The highest BCUT2D eigenvalue weighted by molar-refractivity contribution is 5.84. The van der Waals surface area contributed by atoms with Gasteiger partial charge in [0.15, 0.2) is 0 Å². The van der Waals surface area contributed by atoms with Gasteiger partial charge in [-0.05, 0) is 36.6 Å². The molecule has 1 aromatic carbocycles. The van der Waals surface area contributed by atoms with Crippen LogP contribution in [0.25, 0.3) is 0 Å². The molecule has 0 aromatic heterocycles. The number of anilines is 1. The second-order valence-corrected chi connectivity index (χ2v) is 4.47. The van der Waals surface area contributed by atoms with Gasteiger partial charge in [0.05, 0.1) is 5.69 Å². The van der Waals surface area contributed by atoms with Crippen LogP contribution in [0.15, 0.2) is 23.2 Å². The largest absolute Gasteiger partial charge is 0.388 e. The van der Waals surface area contributed by atoms with Crippen molar-refractivity contribution in [3.63, 3.8) is 0 Å². The van der Waals surface area contributed by atoms with E-state index in [0.717, 1.165) is 24.3 Å². The van der Waals surface area contributed by atoms with Crippen molar-refractivity contribution in [1.29, 1.82) is 0 Å². The number of aliphatic hydroxyl groups is 1. The summed E-state index contributed by atoms with van der Waals surface area (Å²) in [6, 6.07) is 5.89. The Bertz CT molecular complexity index is 439. The van der Waals surface area contributed by atoms with Crippen LogP contribution in [0.2, 0.25) is 0 Å². The van der Waals surface area contributed by atoms with E-state index in [1.807, 2.05) is 18.2 Å². The molecular formula is C13H20N4O. The SMILES string of the molecule is NCc1cc(N=C(N)CO)ccc1N1CCCC1. The Kier molecular flexibility index (Phi) is 4.17. The van der Waals surface area contributed by atoms with Crippen LogP contribution in [0, 0.1) is 0 Å². The predicted molar refractivity (Wildman–Crippen MR) is 74.1 cm³/mol. The molecule has 0 unspecified atom stereocenters. The summed E-state index contributed by atoms with van der Waals surface area (Å²) >= 11 is 0. The molecule has 0 aliphatic carbocycles. The molecule has 1 aliphatic heterocycles. The highest BCUT2D eigenvalue weighted by atomic mass is 16.3. The van der Waals surface area contributed by atoms with E-state index in [-0.39, 0.29) is 12.4 Å². The minimum absolute atomic E-state index is 0.215. The lowest BCUT2D eigenvalue weighted by molar-refractivity contribution is 0.356. The van der Waals surface area contributed by atoms with Gasteiger partial charge >= 0.3 is 0 Å². The number of nitrogens with zero attached hydrogens (tertiary/aromatic N) is 2. The van der Waals surface area contributed by atoms with Gasteiger partial charge in [-0.3, -0.25) is 0 Å². The van der Waals surface area contributed by atoms with Crippen molar-refractivity contribution in [2.75, 3.05) is 24.6 Å². The molecule has 0 bridgehead atoms. The number of aliphatic imine (C=N–C) groups is 1. The average molecular weight is 248 g/mol. The van der Waals surface area contributed by atoms with E-state index in [1.165, 1.54) is 18.5 Å². The molecule has 0 atom stereocenters. The van der Waals surface area contributed by atoms with Crippen molar-refractivity contribution >= 4 is 17.2 Å². The first-order valence-corrected chi connectivity index (χ1v) is 6.26. The molecule has 0 spiro atoms. The standard InChI is InChI=1S/C13H20N4O/c14-8-10-7-11(16-13(15)9-18)3-4-12(10)17-5-1-2-6-17/h3-4,7,18H,1-2,5-6,8-9,14H2,(H2,15,16). The molecule has 2 rings (SSSR count). The average Bonchev–Trinajstić information content (AvgIpc) is 2.92. The molecule has 0 amide bonds. The smallest absolute Gasteiger partial charge is 0.125 e. The lowest BCUT2D eigenvalue weighted by atomic mass is 10.1. The fraction of sp³-hybridized carbons (Fsp3) is 0.462. The normalized spacial score (nSPS) is 16.3. The van der Waals surface area contributed by atoms with Crippen LogP contribution in [-0.2, 0) is 6.54 Å². The Morgan fingerprint density at radius 1 is 1.33 bits per heavy atom. The van der Waals surface area contributed by atoms with Gasteiger partial charge in [0, 0.05) is 25.3 Å². The molecule has 1 saturated heterocycles. The van der Waals surface area contributed by atoms with Gasteiger partial charge in [0.2, 0.25) is 0 Å². The Morgan fingerprint density at radius 3 is 2.67 bits per heavy atom. The molecule has 1 heterocycles. The zero-order valence-corrected chi connectivity index (χ0v) is 10.5. The lowest BCUT2D eigenvalue weighted by Gasteiger charge is -2.21. The summed E-state index contributed by atoms with van der Waals surface area (Å²) in [6.45, 7) is 2.43. The molecule has 0 radical (unpaired) electrons. The zero-order chi connectivity index (χ0) is 13.0. The lowest BCUT2D eigenvalue weighted by Crippen LogP contribution is -2.20. The van der Waals surface area contributed by atoms with Crippen LogP contribution in [0.3, 0.4) is 0 Å². The van der Waals surface area contributed by atoms with Crippen molar-refractivity contribution in [2.24, 2.45) is 16.5 Å². The highest BCUT2D eigenvalue weighted by Crippen LogP contribution is 2.28. The number of aliphatic hydroxyl groups excluding tert-OH is 1. The van der Waals surface area contributed by atoms with Crippen molar-refractivity contribution in [2.45, 2.75) is 19.4 Å². The van der Waals surface area contributed by atoms with Gasteiger partial charge in [-0.25, -0.2) is 4.99 Å². The maximum absolute atomic E-state index is 8.86. The van der Waals surface area contributed by atoms with Gasteiger partial charge in [-0.15, -0.1) is 0 Å². The van der Waals surface area contributed by atoms with Crippen LogP contribution >= 0.6 is 0 Å². The number of rotatable bonds is 4. The van der Waals surface area contributed by atoms with Crippen LogP contribution in [0.1, 0.15) is 18.4 Å².